The molecule has 0 aliphatic rings. The Kier molecular flexibility index (Phi) is 8.01. The Morgan fingerprint density at radius 3 is 1.26 bits per heavy atom. The molecule has 0 aliphatic carbocycles. The third-order valence-electron chi connectivity index (χ3n) is 6.84. The molecular formula is C36H34N2. The van der Waals surface area contributed by atoms with Gasteiger partial charge in [0, 0.05) is 34.6 Å². The number of para-hydroxylation sites is 2. The molecule has 2 nitrogen and oxygen atoms in total. The van der Waals surface area contributed by atoms with Crippen molar-refractivity contribution < 1.29 is 0 Å². The second kappa shape index (κ2) is 12.1. The third-order valence-corrected chi connectivity index (χ3v) is 6.84. The molecule has 5 rings (SSSR count). The maximum absolute atomic E-state index is 2.28. The molecule has 188 valence electrons. The summed E-state index contributed by atoms with van der Waals surface area (Å²) in [5.41, 5.74) is 9.54. The van der Waals surface area contributed by atoms with E-state index < -0.39 is 0 Å². The van der Waals surface area contributed by atoms with Crippen molar-refractivity contribution >= 4 is 34.5 Å². The van der Waals surface area contributed by atoms with Gasteiger partial charge in [-0.05, 0) is 96.3 Å². The van der Waals surface area contributed by atoms with E-state index in [2.05, 4.69) is 169 Å². The van der Waals surface area contributed by atoms with Crippen LogP contribution in [0.1, 0.15) is 30.5 Å². The molecule has 0 fully saturated rings. The molecule has 0 aliphatic heterocycles. The summed E-state index contributed by atoms with van der Waals surface area (Å²) in [5.74, 6) is 0. The molecule has 0 aromatic heterocycles. The summed E-state index contributed by atoms with van der Waals surface area (Å²) < 4.78 is 0. The molecule has 2 heteroatoms. The van der Waals surface area contributed by atoms with Gasteiger partial charge in [-0.2, -0.15) is 0 Å². The SMILES string of the molecule is CCc1ccc(N(C=Cc2ccc(N(c3ccccc3)c3ccccc3)cc2)c2ccc(CC)cc2)cc1. The van der Waals surface area contributed by atoms with Gasteiger partial charge in [-0.15, -0.1) is 0 Å². The molecular weight excluding hydrogens is 460 g/mol. The van der Waals surface area contributed by atoms with Crippen LogP contribution >= 0.6 is 0 Å². The van der Waals surface area contributed by atoms with Gasteiger partial charge >= 0.3 is 0 Å². The lowest BCUT2D eigenvalue weighted by Gasteiger charge is -2.25. The molecule has 0 atom stereocenters. The zero-order chi connectivity index (χ0) is 26.2. The van der Waals surface area contributed by atoms with Gasteiger partial charge in [0.2, 0.25) is 0 Å². The standard InChI is InChI=1S/C36H34N2/c1-3-29-15-21-32(22-16-29)37(33-23-17-30(4-2)18-24-33)28-27-31-19-25-36(26-20-31)38(34-11-7-5-8-12-34)35-13-9-6-10-14-35/h5-28H,3-4H2,1-2H3. The van der Waals surface area contributed by atoms with Crippen molar-refractivity contribution in [2.45, 2.75) is 26.7 Å². The fourth-order valence-corrected chi connectivity index (χ4v) is 4.60. The summed E-state index contributed by atoms with van der Waals surface area (Å²) in [6.45, 7) is 4.38. The van der Waals surface area contributed by atoms with Crippen molar-refractivity contribution in [3.63, 3.8) is 0 Å². The first-order chi connectivity index (χ1) is 18.7. The number of anilines is 5. The lowest BCUT2D eigenvalue weighted by molar-refractivity contribution is 1.13. The smallest absolute Gasteiger partial charge is 0.0462 e. The van der Waals surface area contributed by atoms with Crippen LogP contribution in [0.15, 0.2) is 140 Å². The highest BCUT2D eigenvalue weighted by Crippen LogP contribution is 2.34. The van der Waals surface area contributed by atoms with Crippen LogP contribution in [-0.4, -0.2) is 0 Å². The van der Waals surface area contributed by atoms with Crippen molar-refractivity contribution in [1.29, 1.82) is 0 Å². The largest absolute Gasteiger partial charge is 0.317 e. The second-order valence-electron chi connectivity index (χ2n) is 9.32. The minimum atomic E-state index is 1.04. The Labute approximate surface area is 227 Å². The molecule has 5 aromatic carbocycles. The predicted molar refractivity (Wildman–Crippen MR) is 164 cm³/mol. The Hall–Kier alpha value is -4.56. The van der Waals surface area contributed by atoms with E-state index in [1.165, 1.54) is 11.1 Å². The highest BCUT2D eigenvalue weighted by atomic mass is 15.1. The fourth-order valence-electron chi connectivity index (χ4n) is 4.60. The van der Waals surface area contributed by atoms with E-state index in [-0.39, 0.29) is 0 Å². The highest BCUT2D eigenvalue weighted by molar-refractivity contribution is 5.77. The van der Waals surface area contributed by atoms with Gasteiger partial charge in [0.1, 0.15) is 0 Å². The lowest BCUT2D eigenvalue weighted by atomic mass is 10.1. The molecule has 5 aromatic rings. The Morgan fingerprint density at radius 1 is 0.447 bits per heavy atom. The van der Waals surface area contributed by atoms with Crippen LogP contribution in [-0.2, 0) is 12.8 Å². The Bertz CT molecular complexity index is 1350. The summed E-state index contributed by atoms with van der Waals surface area (Å²) in [6, 6.07) is 47.4. The van der Waals surface area contributed by atoms with Gasteiger partial charge in [-0.3, -0.25) is 0 Å². The predicted octanol–water partition coefficient (Wildman–Crippen LogP) is 10.1. The molecule has 0 heterocycles. The van der Waals surface area contributed by atoms with Gasteiger partial charge in [-0.1, -0.05) is 86.6 Å². The fraction of sp³-hybridized carbons (Fsp3) is 0.111. The van der Waals surface area contributed by atoms with Crippen LogP contribution in [0.3, 0.4) is 0 Å². The van der Waals surface area contributed by atoms with Crippen LogP contribution in [0.25, 0.3) is 6.08 Å². The van der Waals surface area contributed by atoms with Crippen LogP contribution in [0.2, 0.25) is 0 Å². The summed E-state index contributed by atoms with van der Waals surface area (Å²) in [6.07, 6.45) is 6.43. The van der Waals surface area contributed by atoms with E-state index >= 15 is 0 Å². The first-order valence-corrected chi connectivity index (χ1v) is 13.4. The van der Waals surface area contributed by atoms with E-state index in [4.69, 9.17) is 0 Å². The Balaban J connectivity index is 1.45. The first-order valence-electron chi connectivity index (χ1n) is 13.4. The van der Waals surface area contributed by atoms with Crippen molar-refractivity contribution in [2.24, 2.45) is 0 Å². The number of benzene rings is 5. The molecule has 0 spiro atoms. The topological polar surface area (TPSA) is 6.48 Å². The summed E-state index contributed by atoms with van der Waals surface area (Å²) in [5, 5.41) is 0. The van der Waals surface area contributed by atoms with Crippen molar-refractivity contribution in [1.82, 2.24) is 0 Å². The first kappa shape index (κ1) is 25.1. The van der Waals surface area contributed by atoms with Crippen molar-refractivity contribution in [3.05, 3.63) is 156 Å². The normalized spacial score (nSPS) is 11.0. The van der Waals surface area contributed by atoms with Crippen LogP contribution in [0, 0.1) is 0 Å². The zero-order valence-corrected chi connectivity index (χ0v) is 22.2. The van der Waals surface area contributed by atoms with Crippen molar-refractivity contribution in [2.75, 3.05) is 9.80 Å². The average Bonchev–Trinajstić information content (AvgIpc) is 3.00. The maximum Gasteiger partial charge on any atom is 0.0462 e. The molecule has 0 saturated carbocycles. The minimum absolute atomic E-state index is 1.04. The number of rotatable bonds is 9. The molecule has 0 radical (unpaired) electrons. The van der Waals surface area contributed by atoms with E-state index in [0.717, 1.165) is 46.8 Å². The van der Waals surface area contributed by atoms with Gasteiger partial charge in [0.25, 0.3) is 0 Å². The number of nitrogens with zero attached hydrogens (tertiary/aromatic N) is 2. The van der Waals surface area contributed by atoms with Gasteiger partial charge in [-0.25, -0.2) is 0 Å². The zero-order valence-electron chi connectivity index (χ0n) is 22.2. The van der Waals surface area contributed by atoms with Crippen LogP contribution in [0.5, 0.6) is 0 Å². The molecule has 0 saturated heterocycles. The number of aryl methyl sites for hydroxylation is 2. The van der Waals surface area contributed by atoms with Gasteiger partial charge in [0.15, 0.2) is 0 Å². The average molecular weight is 495 g/mol. The van der Waals surface area contributed by atoms with E-state index in [0.29, 0.717) is 0 Å². The van der Waals surface area contributed by atoms with E-state index in [9.17, 15) is 0 Å². The number of hydrogen-bond donors (Lipinski definition) is 0. The molecule has 0 bridgehead atoms. The van der Waals surface area contributed by atoms with E-state index in [1.54, 1.807) is 0 Å². The third kappa shape index (κ3) is 5.87. The summed E-state index contributed by atoms with van der Waals surface area (Å²) >= 11 is 0. The summed E-state index contributed by atoms with van der Waals surface area (Å²) in [4.78, 5) is 4.54. The minimum Gasteiger partial charge on any atom is -0.317 e. The number of hydrogen-bond acceptors (Lipinski definition) is 2. The molecule has 0 unspecified atom stereocenters. The summed E-state index contributed by atoms with van der Waals surface area (Å²) in [7, 11) is 0. The monoisotopic (exact) mass is 494 g/mol. The molecule has 0 amide bonds. The van der Waals surface area contributed by atoms with Crippen LogP contribution < -0.4 is 9.80 Å². The van der Waals surface area contributed by atoms with Crippen LogP contribution in [0.4, 0.5) is 28.4 Å². The molecule has 38 heavy (non-hydrogen) atoms. The van der Waals surface area contributed by atoms with E-state index in [1.807, 2.05) is 0 Å². The van der Waals surface area contributed by atoms with Gasteiger partial charge < -0.3 is 9.80 Å². The maximum atomic E-state index is 2.28. The lowest BCUT2D eigenvalue weighted by Crippen LogP contribution is -2.09. The second-order valence-corrected chi connectivity index (χ2v) is 9.32. The van der Waals surface area contributed by atoms with Crippen molar-refractivity contribution in [3.8, 4) is 0 Å². The highest BCUT2D eigenvalue weighted by Gasteiger charge is 2.12. The van der Waals surface area contributed by atoms with Gasteiger partial charge in [0.05, 0.1) is 0 Å². The quantitative estimate of drug-likeness (QED) is 0.201. The molecule has 0 N–H and O–H groups in total. The Morgan fingerprint density at radius 2 is 0.842 bits per heavy atom.